The quantitative estimate of drug-likeness (QED) is 0.805. The van der Waals surface area contributed by atoms with Gasteiger partial charge < -0.3 is 4.74 Å². The van der Waals surface area contributed by atoms with Gasteiger partial charge in [0.2, 0.25) is 0 Å². The number of hydrogen-bond acceptors (Lipinski definition) is 4. The lowest BCUT2D eigenvalue weighted by molar-refractivity contribution is 0.161. The zero-order chi connectivity index (χ0) is 15.2. The number of methoxy groups -OCH3 is 1. The average Bonchev–Trinajstić information content (AvgIpc) is 3.06. The molecule has 1 atom stereocenters. The first-order valence-electron chi connectivity index (χ1n) is 8.07. The summed E-state index contributed by atoms with van der Waals surface area (Å²) in [6.45, 7) is 3.45. The Bertz CT molecular complexity index is 570. The van der Waals surface area contributed by atoms with E-state index in [1.165, 1.54) is 42.9 Å². The summed E-state index contributed by atoms with van der Waals surface area (Å²) in [6.07, 6.45) is 6.99. The number of likely N-dealkylation sites (tertiary alicyclic amines) is 1. The first kappa shape index (κ1) is 15.5. The number of nitrogens with zero attached hydrogens (tertiary/aromatic N) is 2. The van der Waals surface area contributed by atoms with Crippen LogP contribution in [0.3, 0.4) is 0 Å². The highest BCUT2D eigenvalue weighted by molar-refractivity contribution is 7.09. The van der Waals surface area contributed by atoms with Crippen molar-refractivity contribution >= 4 is 11.3 Å². The summed E-state index contributed by atoms with van der Waals surface area (Å²) in [5, 5.41) is 3.31. The summed E-state index contributed by atoms with van der Waals surface area (Å²) in [5.41, 5.74) is 1.39. The number of aromatic nitrogens is 1. The van der Waals surface area contributed by atoms with Gasteiger partial charge in [0.05, 0.1) is 13.7 Å². The minimum absolute atomic E-state index is 0.805. The average molecular weight is 316 g/mol. The predicted octanol–water partition coefficient (Wildman–Crippen LogP) is 4.00. The highest BCUT2D eigenvalue weighted by Crippen LogP contribution is 2.24. The van der Waals surface area contributed by atoms with Crippen LogP contribution in [0.5, 0.6) is 5.75 Å². The molecule has 1 fully saturated rings. The fourth-order valence-electron chi connectivity index (χ4n) is 3.25. The maximum atomic E-state index is 5.31. The number of aryl methyl sites for hydroxylation is 1. The van der Waals surface area contributed by atoms with E-state index in [-0.39, 0.29) is 0 Å². The molecule has 0 bridgehead atoms. The lowest BCUT2D eigenvalue weighted by Gasteiger charge is -2.32. The van der Waals surface area contributed by atoms with Crippen LogP contribution in [0.1, 0.15) is 29.8 Å². The standard InChI is InChI=1S/C18H24N2OS/c1-21-17-6-2-4-15(12-17)7-8-16-5-3-10-20(13-16)14-18-19-9-11-22-18/h2,4,6,9,11-12,16H,3,5,7-8,10,13-14H2,1H3/t16-/m0/s1. The van der Waals surface area contributed by atoms with Crippen LogP contribution in [-0.2, 0) is 13.0 Å². The molecule has 0 spiro atoms. The highest BCUT2D eigenvalue weighted by atomic mass is 32.1. The Morgan fingerprint density at radius 3 is 3.18 bits per heavy atom. The third-order valence-corrected chi connectivity index (χ3v) is 5.19. The minimum atomic E-state index is 0.805. The summed E-state index contributed by atoms with van der Waals surface area (Å²) in [6, 6.07) is 8.47. The molecule has 118 valence electrons. The number of benzene rings is 1. The van der Waals surface area contributed by atoms with E-state index in [1.54, 1.807) is 18.4 Å². The van der Waals surface area contributed by atoms with Gasteiger partial charge in [0.15, 0.2) is 0 Å². The largest absolute Gasteiger partial charge is 0.497 e. The lowest BCUT2D eigenvalue weighted by Crippen LogP contribution is -2.35. The Labute approximate surface area is 137 Å². The van der Waals surface area contributed by atoms with Crippen molar-refractivity contribution < 1.29 is 4.74 Å². The maximum absolute atomic E-state index is 5.31. The van der Waals surface area contributed by atoms with Crippen LogP contribution in [0.25, 0.3) is 0 Å². The van der Waals surface area contributed by atoms with E-state index in [2.05, 4.69) is 33.5 Å². The predicted molar refractivity (Wildman–Crippen MR) is 91.4 cm³/mol. The number of piperidine rings is 1. The van der Waals surface area contributed by atoms with Crippen LogP contribution in [0.4, 0.5) is 0 Å². The number of thiazole rings is 1. The van der Waals surface area contributed by atoms with Gasteiger partial charge in [-0.25, -0.2) is 4.98 Å². The molecule has 2 heterocycles. The molecular formula is C18H24N2OS. The van der Waals surface area contributed by atoms with Gasteiger partial charge in [-0.1, -0.05) is 12.1 Å². The SMILES string of the molecule is COc1cccc(CC[C@@H]2CCCN(Cc3nccs3)C2)c1. The molecule has 4 heteroatoms. The van der Waals surface area contributed by atoms with Gasteiger partial charge in [-0.15, -0.1) is 11.3 Å². The van der Waals surface area contributed by atoms with Crippen molar-refractivity contribution in [2.24, 2.45) is 5.92 Å². The van der Waals surface area contributed by atoms with Crippen LogP contribution >= 0.6 is 11.3 Å². The van der Waals surface area contributed by atoms with Crippen molar-refractivity contribution in [1.29, 1.82) is 0 Å². The molecule has 0 unspecified atom stereocenters. The van der Waals surface area contributed by atoms with Crippen LogP contribution in [0, 0.1) is 5.92 Å². The highest BCUT2D eigenvalue weighted by Gasteiger charge is 2.20. The molecule has 22 heavy (non-hydrogen) atoms. The minimum Gasteiger partial charge on any atom is -0.497 e. The van der Waals surface area contributed by atoms with Gasteiger partial charge in [0, 0.05) is 18.1 Å². The summed E-state index contributed by atoms with van der Waals surface area (Å²) < 4.78 is 5.31. The van der Waals surface area contributed by atoms with Gasteiger partial charge in [-0.05, 0) is 55.8 Å². The molecule has 1 aliphatic heterocycles. The van der Waals surface area contributed by atoms with Crippen LogP contribution < -0.4 is 4.74 Å². The molecule has 0 radical (unpaired) electrons. The van der Waals surface area contributed by atoms with E-state index in [0.29, 0.717) is 0 Å². The summed E-state index contributed by atoms with van der Waals surface area (Å²) >= 11 is 1.77. The normalized spacial score (nSPS) is 19.2. The number of ether oxygens (including phenoxy) is 1. The Balaban J connectivity index is 1.49. The Hall–Kier alpha value is -1.39. The number of rotatable bonds is 6. The van der Waals surface area contributed by atoms with Crippen LogP contribution in [0.15, 0.2) is 35.8 Å². The molecule has 0 saturated carbocycles. The fourth-order valence-corrected chi connectivity index (χ4v) is 3.91. The zero-order valence-electron chi connectivity index (χ0n) is 13.2. The topological polar surface area (TPSA) is 25.4 Å². The van der Waals surface area contributed by atoms with E-state index in [9.17, 15) is 0 Å². The molecule has 0 aliphatic carbocycles. The molecule has 0 N–H and O–H groups in total. The van der Waals surface area contributed by atoms with Gasteiger partial charge in [-0.2, -0.15) is 0 Å². The first-order valence-corrected chi connectivity index (χ1v) is 8.95. The van der Waals surface area contributed by atoms with Gasteiger partial charge >= 0.3 is 0 Å². The third-order valence-electron chi connectivity index (χ3n) is 4.42. The van der Waals surface area contributed by atoms with Gasteiger partial charge in [0.1, 0.15) is 10.8 Å². The molecule has 1 aliphatic rings. The van der Waals surface area contributed by atoms with Crippen LogP contribution in [0.2, 0.25) is 0 Å². The van der Waals surface area contributed by atoms with E-state index in [0.717, 1.165) is 24.6 Å². The van der Waals surface area contributed by atoms with Gasteiger partial charge in [0.25, 0.3) is 0 Å². The first-order chi connectivity index (χ1) is 10.8. The second-order valence-electron chi connectivity index (χ2n) is 6.06. The van der Waals surface area contributed by atoms with Gasteiger partial charge in [-0.3, -0.25) is 4.90 Å². The van der Waals surface area contributed by atoms with Crippen molar-refractivity contribution in [2.75, 3.05) is 20.2 Å². The Kier molecular flexibility index (Phi) is 5.46. The molecule has 1 saturated heterocycles. The molecule has 3 nitrogen and oxygen atoms in total. The summed E-state index contributed by atoms with van der Waals surface area (Å²) in [5.74, 6) is 1.77. The monoisotopic (exact) mass is 316 g/mol. The van der Waals surface area contributed by atoms with Crippen molar-refractivity contribution in [3.63, 3.8) is 0 Å². The van der Waals surface area contributed by atoms with E-state index in [1.807, 2.05) is 12.3 Å². The third kappa shape index (κ3) is 4.31. The Morgan fingerprint density at radius 1 is 1.41 bits per heavy atom. The fraction of sp³-hybridized carbons (Fsp3) is 0.500. The molecule has 1 aromatic carbocycles. The van der Waals surface area contributed by atoms with Crippen molar-refractivity contribution in [3.05, 3.63) is 46.4 Å². The smallest absolute Gasteiger partial charge is 0.119 e. The maximum Gasteiger partial charge on any atom is 0.119 e. The second-order valence-corrected chi connectivity index (χ2v) is 7.04. The second kappa shape index (κ2) is 7.75. The Morgan fingerprint density at radius 2 is 2.36 bits per heavy atom. The lowest BCUT2D eigenvalue weighted by atomic mass is 9.91. The van der Waals surface area contributed by atoms with Crippen molar-refractivity contribution in [3.8, 4) is 5.75 Å². The molecular weight excluding hydrogens is 292 g/mol. The van der Waals surface area contributed by atoms with E-state index < -0.39 is 0 Å². The summed E-state index contributed by atoms with van der Waals surface area (Å²) in [4.78, 5) is 6.98. The van der Waals surface area contributed by atoms with Crippen molar-refractivity contribution in [2.45, 2.75) is 32.2 Å². The number of hydrogen-bond donors (Lipinski definition) is 0. The summed E-state index contributed by atoms with van der Waals surface area (Å²) in [7, 11) is 1.73. The molecule has 1 aromatic heterocycles. The van der Waals surface area contributed by atoms with Crippen LogP contribution in [-0.4, -0.2) is 30.1 Å². The molecule has 2 aromatic rings. The zero-order valence-corrected chi connectivity index (χ0v) is 14.0. The van der Waals surface area contributed by atoms with E-state index >= 15 is 0 Å². The van der Waals surface area contributed by atoms with E-state index in [4.69, 9.17) is 4.74 Å². The molecule has 0 amide bonds. The van der Waals surface area contributed by atoms with Crippen molar-refractivity contribution in [1.82, 2.24) is 9.88 Å². The molecule has 3 rings (SSSR count).